The third-order valence-electron chi connectivity index (χ3n) is 3.03. The number of likely N-dealkylation sites (N-methyl/N-ethyl adjacent to an activating group) is 1. The van der Waals surface area contributed by atoms with Crippen LogP contribution < -0.4 is 10.1 Å². The molecule has 0 aliphatic rings. The summed E-state index contributed by atoms with van der Waals surface area (Å²) >= 11 is 5.85. The molecule has 0 radical (unpaired) electrons. The molecule has 2 nitrogen and oxygen atoms in total. The summed E-state index contributed by atoms with van der Waals surface area (Å²) in [4.78, 5) is 0. The van der Waals surface area contributed by atoms with E-state index in [1.165, 1.54) is 0 Å². The van der Waals surface area contributed by atoms with Gasteiger partial charge in [-0.15, -0.1) is 0 Å². The first-order valence-electron chi connectivity index (χ1n) is 6.48. The van der Waals surface area contributed by atoms with Gasteiger partial charge in [-0.25, -0.2) is 0 Å². The van der Waals surface area contributed by atoms with Crippen molar-refractivity contribution in [1.82, 2.24) is 5.32 Å². The number of halogens is 4. The van der Waals surface area contributed by atoms with Crippen LogP contribution in [0.25, 0.3) is 0 Å². The van der Waals surface area contributed by atoms with E-state index in [1.807, 2.05) is 6.92 Å². The Bertz CT molecular complexity index is 412. The lowest BCUT2D eigenvalue weighted by Crippen LogP contribution is -2.39. The Morgan fingerprint density at radius 3 is 2.60 bits per heavy atom. The molecule has 6 heteroatoms. The van der Waals surface area contributed by atoms with Gasteiger partial charge in [0.1, 0.15) is 11.9 Å². The fourth-order valence-corrected chi connectivity index (χ4v) is 2.15. The van der Waals surface area contributed by atoms with Crippen LogP contribution in [-0.2, 0) is 0 Å². The Kier molecular flexibility index (Phi) is 6.62. The summed E-state index contributed by atoms with van der Waals surface area (Å²) in [5.74, 6) is 0.612. The molecular weight excluding hydrogens is 291 g/mol. The standard InChI is InChI=1S/C14H19ClF3NO/c1-10(20-12-6-3-5-11(15)9-12)13(19-2)7-4-8-14(16,17)18/h3,5-6,9-10,13,19H,4,7-8H2,1-2H3. The van der Waals surface area contributed by atoms with Crippen molar-refractivity contribution in [2.75, 3.05) is 7.05 Å². The Labute approximate surface area is 122 Å². The van der Waals surface area contributed by atoms with Crippen molar-refractivity contribution in [3.63, 3.8) is 0 Å². The van der Waals surface area contributed by atoms with Crippen LogP contribution in [0.1, 0.15) is 26.2 Å². The molecule has 1 aromatic carbocycles. The molecule has 0 bridgehead atoms. The monoisotopic (exact) mass is 309 g/mol. The van der Waals surface area contributed by atoms with Gasteiger partial charge in [-0.3, -0.25) is 0 Å². The maximum Gasteiger partial charge on any atom is 0.389 e. The topological polar surface area (TPSA) is 21.3 Å². The fourth-order valence-electron chi connectivity index (χ4n) is 1.97. The summed E-state index contributed by atoms with van der Waals surface area (Å²) in [6.45, 7) is 1.83. The highest BCUT2D eigenvalue weighted by Crippen LogP contribution is 2.24. The number of hydrogen-bond acceptors (Lipinski definition) is 2. The summed E-state index contributed by atoms with van der Waals surface area (Å²) in [7, 11) is 1.72. The predicted molar refractivity (Wildman–Crippen MR) is 74.3 cm³/mol. The van der Waals surface area contributed by atoms with Crippen LogP contribution in [0.3, 0.4) is 0 Å². The van der Waals surface area contributed by atoms with E-state index in [1.54, 1.807) is 31.3 Å². The van der Waals surface area contributed by atoms with Crippen molar-refractivity contribution >= 4 is 11.6 Å². The average Bonchev–Trinajstić information content (AvgIpc) is 2.33. The number of rotatable bonds is 7. The van der Waals surface area contributed by atoms with E-state index < -0.39 is 12.6 Å². The third-order valence-corrected chi connectivity index (χ3v) is 3.27. The van der Waals surface area contributed by atoms with Crippen molar-refractivity contribution in [3.05, 3.63) is 29.3 Å². The highest BCUT2D eigenvalue weighted by Gasteiger charge is 2.27. The molecule has 0 aromatic heterocycles. The second-order valence-electron chi connectivity index (χ2n) is 4.68. The van der Waals surface area contributed by atoms with Gasteiger partial charge in [-0.05, 0) is 45.0 Å². The van der Waals surface area contributed by atoms with Crippen molar-refractivity contribution in [2.45, 2.75) is 44.5 Å². The molecule has 0 aliphatic carbocycles. The van der Waals surface area contributed by atoms with Crippen LogP contribution in [0.4, 0.5) is 13.2 Å². The smallest absolute Gasteiger partial charge is 0.389 e. The highest BCUT2D eigenvalue weighted by atomic mass is 35.5. The number of ether oxygens (including phenoxy) is 1. The van der Waals surface area contributed by atoms with E-state index in [0.717, 1.165) is 0 Å². The maximum absolute atomic E-state index is 12.1. The van der Waals surface area contributed by atoms with Crippen LogP contribution in [0, 0.1) is 0 Å². The van der Waals surface area contributed by atoms with Gasteiger partial charge in [0, 0.05) is 17.5 Å². The van der Waals surface area contributed by atoms with E-state index in [4.69, 9.17) is 16.3 Å². The lowest BCUT2D eigenvalue weighted by Gasteiger charge is -2.25. The summed E-state index contributed by atoms with van der Waals surface area (Å²) in [6, 6.07) is 6.81. The second kappa shape index (κ2) is 7.74. The van der Waals surface area contributed by atoms with Gasteiger partial charge in [0.2, 0.25) is 0 Å². The molecule has 0 saturated heterocycles. The summed E-state index contributed by atoms with van der Waals surface area (Å²) in [6.07, 6.45) is -4.63. The zero-order valence-electron chi connectivity index (χ0n) is 11.5. The van der Waals surface area contributed by atoms with Crippen molar-refractivity contribution in [3.8, 4) is 5.75 Å². The predicted octanol–water partition coefficient (Wildman–Crippen LogP) is 4.43. The molecule has 0 saturated carbocycles. The lowest BCUT2D eigenvalue weighted by molar-refractivity contribution is -0.136. The first-order chi connectivity index (χ1) is 9.31. The van der Waals surface area contributed by atoms with Gasteiger partial charge in [-0.2, -0.15) is 13.2 Å². The molecule has 0 heterocycles. The Morgan fingerprint density at radius 1 is 1.35 bits per heavy atom. The van der Waals surface area contributed by atoms with Crippen LogP contribution >= 0.6 is 11.6 Å². The molecule has 1 rings (SSSR count). The summed E-state index contributed by atoms with van der Waals surface area (Å²) in [5.41, 5.74) is 0. The van der Waals surface area contributed by atoms with Crippen molar-refractivity contribution < 1.29 is 17.9 Å². The van der Waals surface area contributed by atoms with E-state index in [9.17, 15) is 13.2 Å². The number of alkyl halides is 3. The van der Waals surface area contributed by atoms with Crippen molar-refractivity contribution in [1.29, 1.82) is 0 Å². The average molecular weight is 310 g/mol. The quantitative estimate of drug-likeness (QED) is 0.804. The van der Waals surface area contributed by atoms with Gasteiger partial charge >= 0.3 is 6.18 Å². The number of hydrogen-bond donors (Lipinski definition) is 1. The minimum Gasteiger partial charge on any atom is -0.489 e. The van der Waals surface area contributed by atoms with Crippen LogP contribution in [-0.4, -0.2) is 25.4 Å². The van der Waals surface area contributed by atoms with Gasteiger partial charge in [0.05, 0.1) is 0 Å². The third kappa shape index (κ3) is 6.48. The number of benzene rings is 1. The largest absolute Gasteiger partial charge is 0.489 e. The van der Waals surface area contributed by atoms with Gasteiger partial charge < -0.3 is 10.1 Å². The first kappa shape index (κ1) is 17.1. The van der Waals surface area contributed by atoms with E-state index in [0.29, 0.717) is 17.2 Å². The van der Waals surface area contributed by atoms with Crippen LogP contribution in [0.2, 0.25) is 5.02 Å². The minimum absolute atomic E-state index is 0.0816. The fraction of sp³-hybridized carbons (Fsp3) is 0.571. The SMILES string of the molecule is CNC(CCCC(F)(F)F)C(C)Oc1cccc(Cl)c1. The molecule has 20 heavy (non-hydrogen) atoms. The molecule has 1 aromatic rings. The molecule has 0 amide bonds. The molecule has 0 spiro atoms. The molecule has 1 N–H and O–H groups in total. The molecule has 0 fully saturated rings. The lowest BCUT2D eigenvalue weighted by atomic mass is 10.0. The first-order valence-corrected chi connectivity index (χ1v) is 6.86. The van der Waals surface area contributed by atoms with E-state index in [2.05, 4.69) is 5.32 Å². The Balaban J connectivity index is 2.48. The zero-order chi connectivity index (χ0) is 15.2. The highest BCUT2D eigenvalue weighted by molar-refractivity contribution is 6.30. The van der Waals surface area contributed by atoms with Crippen LogP contribution in [0.5, 0.6) is 5.75 Å². The molecule has 0 aliphatic heterocycles. The minimum atomic E-state index is -4.10. The zero-order valence-corrected chi connectivity index (χ0v) is 12.3. The summed E-state index contributed by atoms with van der Waals surface area (Å²) < 4.78 is 42.1. The van der Waals surface area contributed by atoms with Crippen molar-refractivity contribution in [2.24, 2.45) is 0 Å². The number of nitrogens with one attached hydrogen (secondary N) is 1. The Morgan fingerprint density at radius 2 is 2.05 bits per heavy atom. The maximum atomic E-state index is 12.1. The molecule has 2 atom stereocenters. The van der Waals surface area contributed by atoms with Gasteiger partial charge in [0.25, 0.3) is 0 Å². The van der Waals surface area contributed by atoms with E-state index >= 15 is 0 Å². The summed E-state index contributed by atoms with van der Waals surface area (Å²) in [5, 5.41) is 3.56. The van der Waals surface area contributed by atoms with Crippen LogP contribution in [0.15, 0.2) is 24.3 Å². The normalized spacial score (nSPS) is 14.9. The Hall–Kier alpha value is -0.940. The van der Waals surface area contributed by atoms with E-state index in [-0.39, 0.29) is 18.6 Å². The van der Waals surface area contributed by atoms with Gasteiger partial charge in [-0.1, -0.05) is 17.7 Å². The molecule has 114 valence electrons. The molecular formula is C14H19ClF3NO. The second-order valence-corrected chi connectivity index (χ2v) is 5.12. The van der Waals surface area contributed by atoms with Gasteiger partial charge in [0.15, 0.2) is 0 Å². The molecule has 2 unspecified atom stereocenters.